The van der Waals surface area contributed by atoms with E-state index >= 15 is 0 Å². The van der Waals surface area contributed by atoms with Crippen molar-refractivity contribution in [3.05, 3.63) is 66.4 Å². The number of hydrogen-bond acceptors (Lipinski definition) is 4. The van der Waals surface area contributed by atoms with Crippen molar-refractivity contribution in [2.75, 3.05) is 5.32 Å². The van der Waals surface area contributed by atoms with Gasteiger partial charge in [-0.3, -0.25) is 9.08 Å². The summed E-state index contributed by atoms with van der Waals surface area (Å²) in [6.45, 7) is 0. The second-order valence-corrected chi connectivity index (χ2v) is 6.53. The van der Waals surface area contributed by atoms with Gasteiger partial charge in [-0.25, -0.2) is 9.97 Å². The van der Waals surface area contributed by atoms with E-state index < -0.39 is 0 Å². The third kappa shape index (κ3) is 2.38. The number of fused-ring (bicyclic) bond motifs is 2. The van der Waals surface area contributed by atoms with Crippen LogP contribution in [0.4, 0.5) is 5.82 Å². The van der Waals surface area contributed by atoms with Gasteiger partial charge in [-0.2, -0.15) is 5.10 Å². The summed E-state index contributed by atoms with van der Waals surface area (Å²) in [6, 6.07) is 8.99. The highest BCUT2D eigenvalue weighted by Crippen LogP contribution is 2.27. The maximum atomic E-state index is 4.60. The summed E-state index contributed by atoms with van der Waals surface area (Å²) in [5.41, 5.74) is 5.75. The molecule has 0 radical (unpaired) electrons. The van der Waals surface area contributed by atoms with Crippen molar-refractivity contribution in [1.82, 2.24) is 24.1 Å². The minimum Gasteiger partial charge on any atom is -0.364 e. The lowest BCUT2D eigenvalue weighted by atomic mass is 10.1. The van der Waals surface area contributed by atoms with Crippen molar-refractivity contribution < 1.29 is 0 Å². The third-order valence-corrected chi connectivity index (χ3v) is 4.82. The normalized spacial score (nSPS) is 14.1. The van der Waals surface area contributed by atoms with Gasteiger partial charge in [-0.1, -0.05) is 24.3 Å². The average molecular weight is 330 g/mol. The first-order chi connectivity index (χ1) is 12.3. The molecule has 3 heterocycles. The number of hydrogen-bond donors (Lipinski definition) is 1. The molecule has 0 fully saturated rings. The van der Waals surface area contributed by atoms with Gasteiger partial charge in [-0.15, -0.1) is 0 Å². The van der Waals surface area contributed by atoms with Gasteiger partial charge in [-0.05, 0) is 24.0 Å². The van der Waals surface area contributed by atoms with Gasteiger partial charge in [0.15, 0.2) is 11.5 Å². The molecule has 0 bridgehead atoms. The fourth-order valence-electron chi connectivity index (χ4n) is 3.64. The summed E-state index contributed by atoms with van der Waals surface area (Å²) in [5.74, 6) is 0.829. The lowest BCUT2D eigenvalue weighted by Crippen LogP contribution is -2.20. The summed E-state index contributed by atoms with van der Waals surface area (Å²) in [4.78, 5) is 9.13. The quantitative estimate of drug-likeness (QED) is 0.627. The molecule has 0 atom stereocenters. The molecule has 1 aliphatic rings. The van der Waals surface area contributed by atoms with Crippen LogP contribution in [0.25, 0.3) is 16.9 Å². The van der Waals surface area contributed by atoms with Crippen LogP contribution in [0.15, 0.2) is 55.2 Å². The molecule has 0 saturated carbocycles. The topological polar surface area (TPSA) is 60.0 Å². The summed E-state index contributed by atoms with van der Waals surface area (Å²) >= 11 is 0. The molecular weight excluding hydrogens is 312 g/mol. The molecule has 0 saturated heterocycles. The highest BCUT2D eigenvalue weighted by atomic mass is 15.2. The molecule has 6 heteroatoms. The Balaban J connectivity index is 1.48. The zero-order chi connectivity index (χ0) is 16.8. The second kappa shape index (κ2) is 5.44. The molecule has 6 nitrogen and oxygen atoms in total. The number of nitrogens with zero attached hydrogens (tertiary/aromatic N) is 5. The molecule has 5 rings (SSSR count). The van der Waals surface area contributed by atoms with Crippen LogP contribution in [-0.4, -0.2) is 30.2 Å². The standard InChI is InChI=1S/C19H18N6/c1-24-12-15(10-22-24)17-11-21-19-18(20-6-7-25(17)19)23-16-8-13-4-2-3-5-14(13)9-16/h2-7,10-12,16H,8-9H2,1H3,(H,20,23). The Labute approximate surface area is 145 Å². The van der Waals surface area contributed by atoms with Crippen LogP contribution in [0.5, 0.6) is 0 Å². The maximum absolute atomic E-state index is 4.60. The summed E-state index contributed by atoms with van der Waals surface area (Å²) in [7, 11) is 1.92. The fraction of sp³-hybridized carbons (Fsp3) is 0.211. The van der Waals surface area contributed by atoms with Crippen molar-refractivity contribution in [1.29, 1.82) is 0 Å². The highest BCUT2D eigenvalue weighted by molar-refractivity contribution is 5.70. The summed E-state index contributed by atoms with van der Waals surface area (Å²) in [6.07, 6.45) is 11.5. The van der Waals surface area contributed by atoms with E-state index in [2.05, 4.69) is 49.0 Å². The number of aryl methyl sites for hydroxylation is 1. The first-order valence-electron chi connectivity index (χ1n) is 8.42. The van der Waals surface area contributed by atoms with Gasteiger partial charge in [0.25, 0.3) is 0 Å². The summed E-state index contributed by atoms with van der Waals surface area (Å²) in [5, 5.41) is 7.84. The number of aromatic nitrogens is 5. The fourth-order valence-corrected chi connectivity index (χ4v) is 3.64. The zero-order valence-electron chi connectivity index (χ0n) is 13.9. The predicted molar refractivity (Wildman–Crippen MR) is 96.4 cm³/mol. The molecular formula is C19H18N6. The van der Waals surface area contributed by atoms with E-state index in [0.717, 1.165) is 35.6 Å². The molecule has 0 amide bonds. The number of imidazole rings is 1. The molecule has 124 valence electrons. The van der Waals surface area contributed by atoms with Gasteiger partial charge in [0.2, 0.25) is 0 Å². The van der Waals surface area contributed by atoms with E-state index in [0.29, 0.717) is 6.04 Å². The summed E-state index contributed by atoms with van der Waals surface area (Å²) < 4.78 is 3.86. The Kier molecular flexibility index (Phi) is 3.09. The van der Waals surface area contributed by atoms with Crippen molar-refractivity contribution in [2.45, 2.75) is 18.9 Å². The van der Waals surface area contributed by atoms with Crippen LogP contribution in [0.3, 0.4) is 0 Å². The molecule has 3 aromatic heterocycles. The van der Waals surface area contributed by atoms with Crippen LogP contribution < -0.4 is 5.32 Å². The Morgan fingerprint density at radius 1 is 1.08 bits per heavy atom. The number of nitrogens with one attached hydrogen (secondary N) is 1. The number of anilines is 1. The predicted octanol–water partition coefficient (Wildman–Crippen LogP) is 2.71. The smallest absolute Gasteiger partial charge is 0.180 e. The Morgan fingerprint density at radius 2 is 1.88 bits per heavy atom. The lowest BCUT2D eigenvalue weighted by molar-refractivity contribution is 0.768. The van der Waals surface area contributed by atoms with E-state index in [1.165, 1.54) is 11.1 Å². The van der Waals surface area contributed by atoms with Crippen molar-refractivity contribution >= 4 is 11.5 Å². The maximum Gasteiger partial charge on any atom is 0.180 e. The largest absolute Gasteiger partial charge is 0.364 e. The van der Waals surface area contributed by atoms with Gasteiger partial charge >= 0.3 is 0 Å². The van der Waals surface area contributed by atoms with E-state index in [9.17, 15) is 0 Å². The van der Waals surface area contributed by atoms with Gasteiger partial charge in [0.05, 0.1) is 18.1 Å². The molecule has 1 aliphatic carbocycles. The highest BCUT2D eigenvalue weighted by Gasteiger charge is 2.22. The SMILES string of the molecule is Cn1cc(-c2cnc3c(NC4Cc5ccccc5C4)nccn23)cn1. The van der Waals surface area contributed by atoms with Gasteiger partial charge < -0.3 is 5.32 Å². The first-order valence-corrected chi connectivity index (χ1v) is 8.42. The molecule has 1 aromatic carbocycles. The van der Waals surface area contributed by atoms with Crippen LogP contribution in [0.2, 0.25) is 0 Å². The minimum absolute atomic E-state index is 0.356. The second-order valence-electron chi connectivity index (χ2n) is 6.53. The Hall–Kier alpha value is -3.15. The molecule has 0 unspecified atom stereocenters. The van der Waals surface area contributed by atoms with Crippen LogP contribution in [0, 0.1) is 0 Å². The molecule has 0 aliphatic heterocycles. The van der Waals surface area contributed by atoms with E-state index in [1.807, 2.05) is 38.0 Å². The Morgan fingerprint density at radius 3 is 2.60 bits per heavy atom. The minimum atomic E-state index is 0.356. The first kappa shape index (κ1) is 14.2. The number of rotatable bonds is 3. The molecule has 0 spiro atoms. The van der Waals surface area contributed by atoms with Gasteiger partial charge in [0.1, 0.15) is 0 Å². The van der Waals surface area contributed by atoms with Crippen LogP contribution >= 0.6 is 0 Å². The van der Waals surface area contributed by atoms with Crippen molar-refractivity contribution in [3.63, 3.8) is 0 Å². The van der Waals surface area contributed by atoms with Gasteiger partial charge in [0, 0.05) is 37.2 Å². The average Bonchev–Trinajstić information content (AvgIpc) is 3.32. The molecule has 4 aromatic rings. The van der Waals surface area contributed by atoms with Crippen LogP contribution in [-0.2, 0) is 19.9 Å². The molecule has 25 heavy (non-hydrogen) atoms. The van der Waals surface area contributed by atoms with Crippen molar-refractivity contribution in [3.8, 4) is 11.3 Å². The molecule has 1 N–H and O–H groups in total. The Bertz CT molecular complexity index is 1040. The van der Waals surface area contributed by atoms with Crippen LogP contribution in [0.1, 0.15) is 11.1 Å². The number of benzene rings is 1. The van der Waals surface area contributed by atoms with Crippen molar-refractivity contribution in [2.24, 2.45) is 7.05 Å². The monoisotopic (exact) mass is 330 g/mol. The zero-order valence-corrected chi connectivity index (χ0v) is 13.9. The third-order valence-electron chi connectivity index (χ3n) is 4.82. The lowest BCUT2D eigenvalue weighted by Gasteiger charge is -2.13. The van der Waals surface area contributed by atoms with E-state index in [-0.39, 0.29) is 0 Å². The van der Waals surface area contributed by atoms with E-state index in [4.69, 9.17) is 0 Å². The van der Waals surface area contributed by atoms with E-state index in [1.54, 1.807) is 4.68 Å².